The van der Waals surface area contributed by atoms with Crippen molar-refractivity contribution in [3.05, 3.63) is 56.8 Å². The Labute approximate surface area is 144 Å². The maximum Gasteiger partial charge on any atom is 0.349 e. The molecule has 0 N–H and O–H groups in total. The van der Waals surface area contributed by atoms with Gasteiger partial charge in [0.1, 0.15) is 23.2 Å². The van der Waals surface area contributed by atoms with Crippen LogP contribution in [0.3, 0.4) is 0 Å². The summed E-state index contributed by atoms with van der Waals surface area (Å²) in [4.78, 5) is 22.5. The van der Waals surface area contributed by atoms with Gasteiger partial charge in [0.2, 0.25) is 0 Å². The quantitative estimate of drug-likeness (QED) is 0.268. The number of benzene rings is 1. The molecule has 2 aromatic rings. The number of hydrogen-bond acceptors (Lipinski definition) is 6. The summed E-state index contributed by atoms with van der Waals surface area (Å²) in [5, 5.41) is 20.3. The molecule has 25 heavy (non-hydrogen) atoms. The predicted molar refractivity (Wildman–Crippen MR) is 90.5 cm³/mol. The van der Waals surface area contributed by atoms with Crippen LogP contribution in [0.4, 0.5) is 5.69 Å². The fraction of sp³-hybridized carbons (Fsp3) is 0.222. The van der Waals surface area contributed by atoms with Gasteiger partial charge >= 0.3 is 5.97 Å². The first-order valence-electron chi connectivity index (χ1n) is 7.52. The topological polar surface area (TPSA) is 106 Å². The average molecular weight is 340 g/mol. The van der Waals surface area contributed by atoms with Gasteiger partial charge in [-0.15, -0.1) is 0 Å². The molecule has 128 valence electrons. The molecule has 0 atom stereocenters. The lowest BCUT2D eigenvalue weighted by molar-refractivity contribution is -0.384. The van der Waals surface area contributed by atoms with Crippen LogP contribution in [0.1, 0.15) is 23.8 Å². The molecule has 0 aliphatic carbocycles. The van der Waals surface area contributed by atoms with Gasteiger partial charge in [-0.1, -0.05) is 0 Å². The molecule has 0 amide bonds. The molecule has 0 radical (unpaired) electrons. The molecule has 0 spiro atoms. The minimum absolute atomic E-state index is 0.0705. The van der Waals surface area contributed by atoms with Crippen LogP contribution in [-0.4, -0.2) is 17.5 Å². The summed E-state index contributed by atoms with van der Waals surface area (Å²) in [5.41, 5.74) is 1.74. The Balaban J connectivity index is 2.46. The van der Waals surface area contributed by atoms with E-state index in [1.807, 2.05) is 6.92 Å². The summed E-state index contributed by atoms with van der Waals surface area (Å²) in [5.74, 6) is -0.241. The van der Waals surface area contributed by atoms with Gasteiger partial charge in [-0.3, -0.25) is 10.1 Å². The number of furan rings is 1. The summed E-state index contributed by atoms with van der Waals surface area (Å²) >= 11 is 0. The second kappa shape index (κ2) is 7.45. The van der Waals surface area contributed by atoms with Gasteiger partial charge in [0.25, 0.3) is 5.69 Å². The molecule has 0 bridgehead atoms. The second-order valence-corrected chi connectivity index (χ2v) is 5.30. The van der Waals surface area contributed by atoms with E-state index in [2.05, 4.69) is 0 Å². The van der Waals surface area contributed by atoms with E-state index in [4.69, 9.17) is 14.4 Å². The molecular weight excluding hydrogens is 324 g/mol. The normalized spacial score (nSPS) is 11.0. The average Bonchev–Trinajstić information content (AvgIpc) is 3.03. The molecule has 2 rings (SSSR count). The van der Waals surface area contributed by atoms with Crippen LogP contribution in [0.15, 0.2) is 34.3 Å². The van der Waals surface area contributed by atoms with E-state index < -0.39 is 10.9 Å². The highest BCUT2D eigenvalue weighted by Crippen LogP contribution is 2.34. The third kappa shape index (κ3) is 3.93. The Morgan fingerprint density at radius 3 is 2.64 bits per heavy atom. The molecule has 1 aromatic carbocycles. The number of hydrogen-bond donors (Lipinski definition) is 0. The van der Waals surface area contributed by atoms with Gasteiger partial charge < -0.3 is 9.15 Å². The van der Waals surface area contributed by atoms with Gasteiger partial charge in [-0.05, 0) is 50.1 Å². The minimum Gasteiger partial charge on any atom is -0.462 e. The molecule has 7 heteroatoms. The zero-order chi connectivity index (χ0) is 18.6. The second-order valence-electron chi connectivity index (χ2n) is 5.30. The highest BCUT2D eigenvalue weighted by Gasteiger charge is 2.20. The number of rotatable bonds is 5. The van der Waals surface area contributed by atoms with Gasteiger partial charge in [0.15, 0.2) is 0 Å². The van der Waals surface area contributed by atoms with Crippen molar-refractivity contribution in [2.75, 3.05) is 6.61 Å². The van der Waals surface area contributed by atoms with Crippen molar-refractivity contribution in [1.29, 1.82) is 5.26 Å². The van der Waals surface area contributed by atoms with Gasteiger partial charge in [-0.25, -0.2) is 4.79 Å². The van der Waals surface area contributed by atoms with E-state index in [-0.39, 0.29) is 29.4 Å². The largest absolute Gasteiger partial charge is 0.462 e. The van der Waals surface area contributed by atoms with Crippen LogP contribution in [0.2, 0.25) is 0 Å². The zero-order valence-electron chi connectivity index (χ0n) is 14.0. The molecule has 0 saturated heterocycles. The third-order valence-corrected chi connectivity index (χ3v) is 3.60. The van der Waals surface area contributed by atoms with Crippen molar-refractivity contribution in [1.82, 2.24) is 0 Å². The molecule has 1 heterocycles. The van der Waals surface area contributed by atoms with Crippen molar-refractivity contribution in [2.24, 2.45) is 0 Å². The Hall–Kier alpha value is -3.40. The highest BCUT2D eigenvalue weighted by atomic mass is 16.6. The van der Waals surface area contributed by atoms with Gasteiger partial charge in [-0.2, -0.15) is 5.26 Å². The van der Waals surface area contributed by atoms with Crippen LogP contribution < -0.4 is 0 Å². The molecule has 7 nitrogen and oxygen atoms in total. The summed E-state index contributed by atoms with van der Waals surface area (Å²) in [7, 11) is 0. The zero-order valence-corrected chi connectivity index (χ0v) is 14.0. The number of carbonyl (C=O) groups is 1. The first kappa shape index (κ1) is 17.9. The van der Waals surface area contributed by atoms with Crippen LogP contribution in [-0.2, 0) is 9.53 Å². The Morgan fingerprint density at radius 1 is 1.36 bits per heavy atom. The molecule has 0 fully saturated rings. The molecule has 0 aliphatic heterocycles. The summed E-state index contributed by atoms with van der Waals surface area (Å²) < 4.78 is 10.4. The number of nitrogens with zero attached hydrogens (tertiary/aromatic N) is 2. The van der Waals surface area contributed by atoms with E-state index in [0.717, 1.165) is 11.1 Å². The lowest BCUT2D eigenvalue weighted by atomic mass is 10.0. The number of esters is 1. The number of aryl methyl sites for hydroxylation is 2. The van der Waals surface area contributed by atoms with Crippen molar-refractivity contribution < 1.29 is 18.9 Å². The summed E-state index contributed by atoms with van der Waals surface area (Å²) in [6.07, 6.45) is 1.24. The van der Waals surface area contributed by atoms with E-state index in [1.54, 1.807) is 32.0 Å². The molecule has 1 aromatic heterocycles. The van der Waals surface area contributed by atoms with Crippen LogP contribution in [0.25, 0.3) is 17.4 Å². The van der Waals surface area contributed by atoms with Gasteiger partial charge in [0, 0.05) is 12.1 Å². The fourth-order valence-electron chi connectivity index (χ4n) is 2.21. The maximum absolute atomic E-state index is 11.6. The number of nitro groups is 1. The number of ether oxygens (including phenoxy) is 1. The van der Waals surface area contributed by atoms with Gasteiger partial charge in [0.05, 0.1) is 17.1 Å². The Bertz CT molecular complexity index is 903. The first-order valence-corrected chi connectivity index (χ1v) is 7.52. The van der Waals surface area contributed by atoms with Crippen molar-refractivity contribution in [2.45, 2.75) is 20.8 Å². The van der Waals surface area contributed by atoms with Crippen LogP contribution >= 0.6 is 0 Å². The monoisotopic (exact) mass is 340 g/mol. The maximum atomic E-state index is 11.6. The lowest BCUT2D eigenvalue weighted by Crippen LogP contribution is -2.05. The minimum atomic E-state index is -0.750. The van der Waals surface area contributed by atoms with E-state index >= 15 is 0 Å². The molecular formula is C18H16N2O5. The predicted octanol–water partition coefficient (Wildman–Crippen LogP) is 3.94. The van der Waals surface area contributed by atoms with Crippen LogP contribution in [0, 0.1) is 35.3 Å². The summed E-state index contributed by atoms with van der Waals surface area (Å²) in [6.45, 7) is 5.43. The Kier molecular flexibility index (Phi) is 5.35. The summed E-state index contributed by atoms with van der Waals surface area (Å²) in [6, 6.07) is 8.00. The van der Waals surface area contributed by atoms with Crippen molar-refractivity contribution in [3.63, 3.8) is 0 Å². The third-order valence-electron chi connectivity index (χ3n) is 3.60. The van der Waals surface area contributed by atoms with Crippen molar-refractivity contribution >= 4 is 17.7 Å². The standard InChI is InChI=1S/C18H16N2O5/c1-4-24-18(21)13(10-19)9-14-5-6-17(25-14)15-7-11(2)12(3)8-16(15)20(22)23/h5-9H,4H2,1-3H3. The molecule has 0 saturated carbocycles. The van der Waals surface area contributed by atoms with E-state index in [1.165, 1.54) is 18.2 Å². The molecule has 0 unspecified atom stereocenters. The number of nitriles is 1. The molecule has 0 aliphatic rings. The Morgan fingerprint density at radius 2 is 2.04 bits per heavy atom. The first-order chi connectivity index (χ1) is 11.9. The smallest absolute Gasteiger partial charge is 0.349 e. The van der Waals surface area contributed by atoms with Crippen molar-refractivity contribution in [3.8, 4) is 17.4 Å². The number of nitro benzene ring substituents is 1. The highest BCUT2D eigenvalue weighted by molar-refractivity contribution is 5.97. The fourth-order valence-corrected chi connectivity index (χ4v) is 2.21. The van der Waals surface area contributed by atoms with E-state index in [0.29, 0.717) is 5.56 Å². The lowest BCUT2D eigenvalue weighted by Gasteiger charge is -2.05. The van der Waals surface area contributed by atoms with Crippen LogP contribution in [0.5, 0.6) is 0 Å². The van der Waals surface area contributed by atoms with E-state index in [9.17, 15) is 14.9 Å². The number of carbonyl (C=O) groups excluding carboxylic acids is 1. The SMILES string of the molecule is CCOC(=O)C(C#N)=Cc1ccc(-c2cc(C)c(C)cc2[N+](=O)[O-])o1.